The Kier molecular flexibility index (Phi) is 9.49. The lowest BCUT2D eigenvalue weighted by atomic mass is 9.91. The Balaban J connectivity index is 1.53. The van der Waals surface area contributed by atoms with Crippen molar-refractivity contribution >= 4 is 18.1 Å². The van der Waals surface area contributed by atoms with Gasteiger partial charge in [-0.3, -0.25) is 0 Å². The third kappa shape index (κ3) is 8.24. The van der Waals surface area contributed by atoms with E-state index >= 15 is 0 Å². The first-order chi connectivity index (χ1) is 17.7. The van der Waals surface area contributed by atoms with Gasteiger partial charge in [0.2, 0.25) is 0 Å². The first-order valence-corrected chi connectivity index (χ1v) is 11.9. The number of carbonyl (C=O) groups excluding carboxylic acids is 3. The molecule has 37 heavy (non-hydrogen) atoms. The zero-order chi connectivity index (χ0) is 26.8. The second kappa shape index (κ2) is 12.8. The van der Waals surface area contributed by atoms with Crippen LogP contribution in [-0.2, 0) is 35.0 Å². The number of carbonyl (C=O) groups is 3. The van der Waals surface area contributed by atoms with Gasteiger partial charge in [-0.25, -0.2) is 14.4 Å². The summed E-state index contributed by atoms with van der Waals surface area (Å²) in [5, 5.41) is 0. The maximum atomic E-state index is 11.8. The molecule has 0 spiro atoms. The molecule has 0 bridgehead atoms. The third-order valence-electron chi connectivity index (χ3n) is 5.73. The Hall–Kier alpha value is -4.07. The molecule has 1 heterocycles. The highest BCUT2D eigenvalue weighted by Crippen LogP contribution is 2.28. The number of hydrogen-bond donors (Lipinski definition) is 0. The van der Waals surface area contributed by atoms with Crippen LogP contribution in [0.1, 0.15) is 25.8 Å². The molecule has 0 unspecified atom stereocenters. The minimum absolute atomic E-state index is 0.00999. The van der Waals surface area contributed by atoms with E-state index in [0.29, 0.717) is 17.9 Å². The molecule has 0 aliphatic carbocycles. The quantitative estimate of drug-likeness (QED) is 0.170. The summed E-state index contributed by atoms with van der Waals surface area (Å²) in [5.41, 5.74) is 3.09. The highest BCUT2D eigenvalue weighted by Gasteiger charge is 2.40. The average molecular weight is 509 g/mol. The summed E-state index contributed by atoms with van der Waals surface area (Å²) in [7, 11) is 0. The summed E-state index contributed by atoms with van der Waals surface area (Å²) in [5.74, 6) is -0.273. The second-order valence-electron chi connectivity index (χ2n) is 9.21. The summed E-state index contributed by atoms with van der Waals surface area (Å²) >= 11 is 0. The second-order valence-corrected chi connectivity index (χ2v) is 9.21. The van der Waals surface area contributed by atoms with Crippen LogP contribution in [0.3, 0.4) is 0 Å². The molecule has 1 aliphatic rings. The normalized spacial score (nSPS) is 14.1. The van der Waals surface area contributed by atoms with Gasteiger partial charge in [-0.05, 0) is 55.5 Å². The molecule has 3 rings (SSSR count). The zero-order valence-corrected chi connectivity index (χ0v) is 21.2. The van der Waals surface area contributed by atoms with Crippen LogP contribution in [0.5, 0.6) is 5.75 Å². The SMILES string of the molecule is C=C(C)C(=O)OCCCc1ccc(-c2ccc(OCC3(COC(=O)C(=C)C)COC(=O)OC3)cc2)cc1. The van der Waals surface area contributed by atoms with Gasteiger partial charge in [-0.2, -0.15) is 0 Å². The third-order valence-corrected chi connectivity index (χ3v) is 5.73. The van der Waals surface area contributed by atoms with E-state index < -0.39 is 17.5 Å². The van der Waals surface area contributed by atoms with Crippen LogP contribution < -0.4 is 4.74 Å². The van der Waals surface area contributed by atoms with Crippen molar-refractivity contribution in [3.8, 4) is 16.9 Å². The Morgan fingerprint density at radius 3 is 1.95 bits per heavy atom. The van der Waals surface area contributed by atoms with Gasteiger partial charge in [-0.15, -0.1) is 0 Å². The number of aryl methyl sites for hydroxylation is 1. The summed E-state index contributed by atoms with van der Waals surface area (Å²) in [4.78, 5) is 34.6. The fourth-order valence-electron chi connectivity index (χ4n) is 3.47. The molecule has 8 nitrogen and oxygen atoms in total. The number of esters is 2. The van der Waals surface area contributed by atoms with Crippen LogP contribution in [-0.4, -0.2) is 51.1 Å². The molecule has 2 aromatic carbocycles. The van der Waals surface area contributed by atoms with Gasteiger partial charge in [0.1, 0.15) is 37.6 Å². The molecule has 0 N–H and O–H groups in total. The Morgan fingerprint density at radius 2 is 1.38 bits per heavy atom. The topological polar surface area (TPSA) is 97.4 Å². The maximum Gasteiger partial charge on any atom is 0.508 e. The van der Waals surface area contributed by atoms with Gasteiger partial charge in [0.25, 0.3) is 0 Å². The standard InChI is InChI=1S/C29H32O8/c1-20(2)26(30)33-15-5-6-22-7-9-23(10-8-22)24-11-13-25(14-12-24)34-16-29(17-35-27(31)21(3)4)18-36-28(32)37-19-29/h7-14H,1,3,5-6,15-19H2,2,4H3. The zero-order valence-electron chi connectivity index (χ0n) is 21.2. The minimum atomic E-state index is -0.823. The summed E-state index contributed by atoms with van der Waals surface area (Å²) in [6, 6.07) is 15.8. The number of rotatable bonds is 12. The number of cyclic esters (lactones) is 2. The fraction of sp³-hybridized carbons (Fsp3) is 0.345. The smallest absolute Gasteiger partial charge is 0.493 e. The predicted octanol–water partition coefficient (Wildman–Crippen LogP) is 5.06. The highest BCUT2D eigenvalue weighted by molar-refractivity contribution is 5.87. The van der Waals surface area contributed by atoms with Crippen molar-refractivity contribution in [3.63, 3.8) is 0 Å². The van der Waals surface area contributed by atoms with E-state index in [2.05, 4.69) is 25.3 Å². The Labute approximate surface area is 216 Å². The maximum absolute atomic E-state index is 11.8. The van der Waals surface area contributed by atoms with Gasteiger partial charge in [0.05, 0.1) is 6.61 Å². The molecule has 0 aromatic heterocycles. The molecule has 0 radical (unpaired) electrons. The van der Waals surface area contributed by atoms with Crippen molar-refractivity contribution in [2.75, 3.05) is 33.0 Å². The molecule has 8 heteroatoms. The van der Waals surface area contributed by atoms with E-state index in [1.54, 1.807) is 13.8 Å². The highest BCUT2D eigenvalue weighted by atomic mass is 16.7. The van der Waals surface area contributed by atoms with Crippen LogP contribution in [0.15, 0.2) is 72.8 Å². The van der Waals surface area contributed by atoms with E-state index in [1.165, 1.54) is 0 Å². The van der Waals surface area contributed by atoms with Crippen LogP contribution in [0, 0.1) is 5.41 Å². The van der Waals surface area contributed by atoms with Gasteiger partial charge in [0, 0.05) is 11.1 Å². The molecule has 1 saturated heterocycles. The van der Waals surface area contributed by atoms with Crippen molar-refractivity contribution in [1.82, 2.24) is 0 Å². The van der Waals surface area contributed by atoms with Crippen molar-refractivity contribution in [2.45, 2.75) is 26.7 Å². The molecule has 2 aromatic rings. The first-order valence-electron chi connectivity index (χ1n) is 11.9. The van der Waals surface area contributed by atoms with Crippen molar-refractivity contribution in [3.05, 3.63) is 78.4 Å². The van der Waals surface area contributed by atoms with Crippen molar-refractivity contribution in [2.24, 2.45) is 5.41 Å². The summed E-state index contributed by atoms with van der Waals surface area (Å²) < 4.78 is 26.4. The van der Waals surface area contributed by atoms with E-state index in [1.807, 2.05) is 36.4 Å². The van der Waals surface area contributed by atoms with Crippen LogP contribution in [0.2, 0.25) is 0 Å². The fourth-order valence-corrected chi connectivity index (χ4v) is 3.47. The molecule has 0 atom stereocenters. The van der Waals surface area contributed by atoms with Crippen LogP contribution >= 0.6 is 0 Å². The summed E-state index contributed by atoms with van der Waals surface area (Å²) in [6.07, 6.45) is 0.782. The number of hydrogen-bond acceptors (Lipinski definition) is 8. The lowest BCUT2D eigenvalue weighted by Crippen LogP contribution is -2.47. The van der Waals surface area contributed by atoms with Crippen molar-refractivity contribution < 1.29 is 38.1 Å². The Morgan fingerprint density at radius 1 is 0.838 bits per heavy atom. The van der Waals surface area contributed by atoms with Gasteiger partial charge in [-0.1, -0.05) is 49.6 Å². The predicted molar refractivity (Wildman–Crippen MR) is 137 cm³/mol. The molecule has 0 saturated carbocycles. The molecular formula is C29H32O8. The van der Waals surface area contributed by atoms with E-state index in [-0.39, 0.29) is 38.0 Å². The largest absolute Gasteiger partial charge is 0.508 e. The number of benzene rings is 2. The Bertz CT molecular complexity index is 1120. The number of ether oxygens (including phenoxy) is 5. The first kappa shape index (κ1) is 27.5. The lowest BCUT2D eigenvalue weighted by molar-refractivity contribution is -0.151. The van der Waals surface area contributed by atoms with Crippen LogP contribution in [0.4, 0.5) is 4.79 Å². The molecule has 196 valence electrons. The van der Waals surface area contributed by atoms with Crippen molar-refractivity contribution in [1.29, 1.82) is 0 Å². The van der Waals surface area contributed by atoms with Gasteiger partial charge >= 0.3 is 18.1 Å². The van der Waals surface area contributed by atoms with E-state index in [9.17, 15) is 14.4 Å². The summed E-state index contributed by atoms with van der Waals surface area (Å²) in [6.45, 7) is 10.8. The van der Waals surface area contributed by atoms with Gasteiger partial charge in [0.15, 0.2) is 0 Å². The van der Waals surface area contributed by atoms with Crippen LogP contribution in [0.25, 0.3) is 11.1 Å². The monoisotopic (exact) mass is 508 g/mol. The van der Waals surface area contributed by atoms with Gasteiger partial charge < -0.3 is 23.7 Å². The molecule has 0 amide bonds. The lowest BCUT2D eigenvalue weighted by Gasteiger charge is -2.34. The molecule has 1 aliphatic heterocycles. The molecular weight excluding hydrogens is 476 g/mol. The minimum Gasteiger partial charge on any atom is -0.493 e. The molecule has 1 fully saturated rings. The van der Waals surface area contributed by atoms with E-state index in [0.717, 1.165) is 29.5 Å². The van der Waals surface area contributed by atoms with E-state index in [4.69, 9.17) is 23.7 Å². The average Bonchev–Trinajstić information content (AvgIpc) is 2.90.